The molecular formula is C20H18N4O2S. The highest BCUT2D eigenvalue weighted by Gasteiger charge is 2.13. The smallest absolute Gasteiger partial charge is 0.298 e. The summed E-state index contributed by atoms with van der Waals surface area (Å²) in [5.74, 6) is 1.24. The highest BCUT2D eigenvalue weighted by molar-refractivity contribution is 7.98. The van der Waals surface area contributed by atoms with Crippen molar-refractivity contribution in [3.63, 3.8) is 0 Å². The second-order valence-electron chi connectivity index (χ2n) is 6.05. The standard InChI is InChI=1S/C20H18N4O2S/c1-12-22-18-16-10-14(26-2)6-9-17(16)23-19(18)20(25)24(12)21-11-13-4-7-15(27-3)8-5-13/h4-11,23H,1-3H3/b21-11+. The Morgan fingerprint density at radius 1 is 1.22 bits per heavy atom. The molecule has 4 rings (SSSR count). The average Bonchev–Trinajstić information content (AvgIpc) is 3.06. The van der Waals surface area contributed by atoms with Crippen molar-refractivity contribution in [1.29, 1.82) is 0 Å². The van der Waals surface area contributed by atoms with E-state index in [1.54, 1.807) is 32.0 Å². The Morgan fingerprint density at radius 2 is 2.00 bits per heavy atom. The van der Waals surface area contributed by atoms with Gasteiger partial charge < -0.3 is 9.72 Å². The van der Waals surface area contributed by atoms with Crippen molar-refractivity contribution < 1.29 is 4.74 Å². The quantitative estimate of drug-likeness (QED) is 0.433. The maximum absolute atomic E-state index is 12.9. The molecule has 0 unspecified atom stereocenters. The molecule has 0 radical (unpaired) electrons. The van der Waals surface area contributed by atoms with E-state index >= 15 is 0 Å². The summed E-state index contributed by atoms with van der Waals surface area (Å²) >= 11 is 1.68. The summed E-state index contributed by atoms with van der Waals surface area (Å²) in [5, 5.41) is 5.21. The Kier molecular flexibility index (Phi) is 4.45. The molecule has 136 valence electrons. The van der Waals surface area contributed by atoms with Gasteiger partial charge in [-0.3, -0.25) is 4.79 Å². The van der Waals surface area contributed by atoms with Gasteiger partial charge in [-0.05, 0) is 49.1 Å². The molecule has 0 saturated carbocycles. The molecule has 0 amide bonds. The zero-order chi connectivity index (χ0) is 19.0. The third-order valence-electron chi connectivity index (χ3n) is 4.40. The SMILES string of the molecule is COc1ccc2[nH]c3c(=O)n(/N=C/c4ccc(SC)cc4)c(C)nc3c2c1. The lowest BCUT2D eigenvalue weighted by Crippen LogP contribution is -2.20. The van der Waals surface area contributed by atoms with Crippen LogP contribution in [0.15, 0.2) is 57.3 Å². The van der Waals surface area contributed by atoms with E-state index in [9.17, 15) is 4.79 Å². The van der Waals surface area contributed by atoms with Gasteiger partial charge >= 0.3 is 0 Å². The van der Waals surface area contributed by atoms with Crippen molar-refractivity contribution in [2.45, 2.75) is 11.8 Å². The fourth-order valence-electron chi connectivity index (χ4n) is 2.97. The second-order valence-corrected chi connectivity index (χ2v) is 6.93. The first-order valence-electron chi connectivity index (χ1n) is 8.38. The van der Waals surface area contributed by atoms with Crippen molar-refractivity contribution in [3.8, 4) is 5.75 Å². The first-order valence-corrected chi connectivity index (χ1v) is 9.60. The molecule has 27 heavy (non-hydrogen) atoms. The van der Waals surface area contributed by atoms with Crippen LogP contribution >= 0.6 is 11.8 Å². The lowest BCUT2D eigenvalue weighted by Gasteiger charge is -2.03. The Bertz CT molecular complexity index is 1220. The van der Waals surface area contributed by atoms with E-state index in [0.29, 0.717) is 16.9 Å². The molecule has 2 aromatic carbocycles. The van der Waals surface area contributed by atoms with Crippen LogP contribution in [0.2, 0.25) is 0 Å². The van der Waals surface area contributed by atoms with E-state index in [2.05, 4.69) is 15.1 Å². The second kappa shape index (κ2) is 6.92. The van der Waals surface area contributed by atoms with Gasteiger partial charge in [-0.15, -0.1) is 11.8 Å². The van der Waals surface area contributed by atoms with Crippen molar-refractivity contribution in [2.75, 3.05) is 13.4 Å². The minimum Gasteiger partial charge on any atom is -0.497 e. The minimum absolute atomic E-state index is 0.232. The maximum Gasteiger partial charge on any atom is 0.298 e. The molecule has 7 heteroatoms. The summed E-state index contributed by atoms with van der Waals surface area (Å²) in [6, 6.07) is 13.6. The average molecular weight is 378 g/mol. The van der Waals surface area contributed by atoms with Crippen LogP contribution in [-0.2, 0) is 0 Å². The number of H-pyrrole nitrogens is 1. The third-order valence-corrected chi connectivity index (χ3v) is 5.15. The van der Waals surface area contributed by atoms with E-state index in [1.807, 2.05) is 48.7 Å². The molecular weight excluding hydrogens is 360 g/mol. The number of fused-ring (bicyclic) bond motifs is 3. The summed E-state index contributed by atoms with van der Waals surface area (Å²) in [7, 11) is 1.61. The Labute approximate surface area is 159 Å². The number of hydrogen-bond acceptors (Lipinski definition) is 5. The number of ether oxygens (including phenoxy) is 1. The molecule has 0 atom stereocenters. The molecule has 0 aliphatic heterocycles. The van der Waals surface area contributed by atoms with E-state index in [0.717, 1.165) is 22.2 Å². The topological polar surface area (TPSA) is 72.3 Å². The van der Waals surface area contributed by atoms with Crippen molar-refractivity contribution in [1.82, 2.24) is 14.6 Å². The predicted octanol–water partition coefficient (Wildman–Crippen LogP) is 3.80. The molecule has 4 aromatic rings. The number of methoxy groups -OCH3 is 1. The number of thioether (sulfide) groups is 1. The van der Waals surface area contributed by atoms with Gasteiger partial charge in [0.2, 0.25) is 0 Å². The van der Waals surface area contributed by atoms with E-state index < -0.39 is 0 Å². The molecule has 0 saturated heterocycles. The molecule has 0 aliphatic carbocycles. The monoisotopic (exact) mass is 378 g/mol. The van der Waals surface area contributed by atoms with Crippen LogP contribution in [0.1, 0.15) is 11.4 Å². The van der Waals surface area contributed by atoms with Crippen LogP contribution in [0.3, 0.4) is 0 Å². The van der Waals surface area contributed by atoms with Crippen molar-refractivity contribution in [2.24, 2.45) is 5.10 Å². The first-order chi connectivity index (χ1) is 13.1. The number of nitrogens with one attached hydrogen (secondary N) is 1. The maximum atomic E-state index is 12.9. The number of aromatic amines is 1. The van der Waals surface area contributed by atoms with Crippen LogP contribution in [0, 0.1) is 6.92 Å². The number of hydrogen-bond donors (Lipinski definition) is 1. The van der Waals surface area contributed by atoms with Crippen LogP contribution < -0.4 is 10.3 Å². The van der Waals surface area contributed by atoms with Crippen LogP contribution in [0.5, 0.6) is 5.75 Å². The van der Waals surface area contributed by atoms with E-state index in [4.69, 9.17) is 4.74 Å². The molecule has 0 aliphatic rings. The van der Waals surface area contributed by atoms with Gasteiger partial charge in [0.15, 0.2) is 0 Å². The van der Waals surface area contributed by atoms with Crippen molar-refractivity contribution in [3.05, 3.63) is 64.2 Å². The molecule has 1 N–H and O–H groups in total. The number of aromatic nitrogens is 3. The van der Waals surface area contributed by atoms with Gasteiger partial charge in [0.05, 0.1) is 13.3 Å². The molecule has 2 heterocycles. The summed E-state index contributed by atoms with van der Waals surface area (Å²) in [5.41, 5.74) is 2.58. The van der Waals surface area contributed by atoms with Gasteiger partial charge in [0.25, 0.3) is 5.56 Å². The zero-order valence-corrected chi connectivity index (χ0v) is 16.0. The lowest BCUT2D eigenvalue weighted by molar-refractivity contribution is 0.415. The first kappa shape index (κ1) is 17.4. The molecule has 0 bridgehead atoms. The lowest BCUT2D eigenvalue weighted by atomic mass is 10.2. The van der Waals surface area contributed by atoms with Crippen LogP contribution in [0.4, 0.5) is 0 Å². The molecule has 6 nitrogen and oxygen atoms in total. The van der Waals surface area contributed by atoms with E-state index in [1.165, 1.54) is 9.57 Å². The summed E-state index contributed by atoms with van der Waals surface area (Å²) in [6.07, 6.45) is 3.69. The largest absolute Gasteiger partial charge is 0.497 e. The summed E-state index contributed by atoms with van der Waals surface area (Å²) < 4.78 is 6.60. The van der Waals surface area contributed by atoms with Gasteiger partial charge in [0.1, 0.15) is 22.6 Å². The summed E-state index contributed by atoms with van der Waals surface area (Å²) in [6.45, 7) is 1.77. The number of rotatable bonds is 4. The van der Waals surface area contributed by atoms with Gasteiger partial charge in [-0.2, -0.15) is 9.78 Å². The van der Waals surface area contributed by atoms with Gasteiger partial charge in [-0.1, -0.05) is 12.1 Å². The van der Waals surface area contributed by atoms with Crippen LogP contribution in [-0.4, -0.2) is 34.2 Å². The zero-order valence-electron chi connectivity index (χ0n) is 15.2. The molecule has 0 fully saturated rings. The van der Waals surface area contributed by atoms with Crippen LogP contribution in [0.25, 0.3) is 21.9 Å². The van der Waals surface area contributed by atoms with Gasteiger partial charge in [0, 0.05) is 15.8 Å². The minimum atomic E-state index is -0.232. The van der Waals surface area contributed by atoms with Gasteiger partial charge in [-0.25, -0.2) is 4.98 Å². The fraction of sp³-hybridized carbons (Fsp3) is 0.150. The highest BCUT2D eigenvalue weighted by atomic mass is 32.2. The third kappa shape index (κ3) is 3.10. The number of nitrogens with zero attached hydrogens (tertiary/aromatic N) is 3. The molecule has 0 spiro atoms. The Hall–Kier alpha value is -3.06. The Morgan fingerprint density at radius 3 is 2.70 bits per heavy atom. The molecule has 2 aromatic heterocycles. The number of benzene rings is 2. The summed E-state index contributed by atoms with van der Waals surface area (Å²) in [4.78, 5) is 21.9. The normalized spacial score (nSPS) is 11.7. The predicted molar refractivity (Wildman–Crippen MR) is 110 cm³/mol. The van der Waals surface area contributed by atoms with Crippen molar-refractivity contribution >= 4 is 39.9 Å². The van der Waals surface area contributed by atoms with E-state index in [-0.39, 0.29) is 5.56 Å². The fourth-order valence-corrected chi connectivity index (χ4v) is 3.38. The Balaban J connectivity index is 1.82. The number of aryl methyl sites for hydroxylation is 1. The highest BCUT2D eigenvalue weighted by Crippen LogP contribution is 2.26.